The lowest BCUT2D eigenvalue weighted by atomic mass is 10.1. The molecule has 3 heterocycles. The fourth-order valence-corrected chi connectivity index (χ4v) is 3.59. The zero-order valence-electron chi connectivity index (χ0n) is 14.9. The van der Waals surface area contributed by atoms with Gasteiger partial charge in [0.1, 0.15) is 12.1 Å². The smallest absolute Gasteiger partial charge is 0.161 e. The van der Waals surface area contributed by atoms with Gasteiger partial charge < -0.3 is 15.0 Å². The Hall–Kier alpha value is -2.31. The van der Waals surface area contributed by atoms with E-state index >= 15 is 0 Å². The summed E-state index contributed by atoms with van der Waals surface area (Å²) < 4.78 is 5.57. The molecule has 1 aromatic carbocycles. The van der Waals surface area contributed by atoms with E-state index in [1.165, 1.54) is 25.9 Å². The first-order valence-corrected chi connectivity index (χ1v) is 9.33. The minimum absolute atomic E-state index is 0.515. The first kappa shape index (κ1) is 17.1. The summed E-state index contributed by atoms with van der Waals surface area (Å²) >= 11 is 0. The highest BCUT2D eigenvalue weighted by Crippen LogP contribution is 2.28. The summed E-state index contributed by atoms with van der Waals surface area (Å²) in [5.74, 6) is 1.50. The molecule has 1 fully saturated rings. The number of aromatic nitrogens is 2. The van der Waals surface area contributed by atoms with Gasteiger partial charge in [0.2, 0.25) is 0 Å². The van der Waals surface area contributed by atoms with E-state index in [0.717, 1.165) is 48.4 Å². The number of anilines is 1. The number of likely N-dealkylation sites (tertiary alicyclic amines) is 1. The van der Waals surface area contributed by atoms with Gasteiger partial charge in [-0.15, -0.1) is 0 Å². The van der Waals surface area contributed by atoms with Crippen molar-refractivity contribution >= 4 is 12.1 Å². The molecule has 1 saturated heterocycles. The molecule has 136 valence electrons. The Morgan fingerprint density at radius 1 is 1.19 bits per heavy atom. The number of hydrogen-bond acceptors (Lipinski definition) is 6. The summed E-state index contributed by atoms with van der Waals surface area (Å²) in [7, 11) is 0. The van der Waals surface area contributed by atoms with Crippen LogP contribution in [0.25, 0.3) is 11.4 Å². The Bertz CT molecular complexity index is 787. The summed E-state index contributed by atoms with van der Waals surface area (Å²) in [6.07, 6.45) is 4.59. The van der Waals surface area contributed by atoms with Crippen molar-refractivity contribution in [2.24, 2.45) is 0 Å². The van der Waals surface area contributed by atoms with Crippen molar-refractivity contribution in [3.63, 3.8) is 0 Å². The van der Waals surface area contributed by atoms with E-state index in [1.807, 2.05) is 18.2 Å². The predicted octanol–water partition coefficient (Wildman–Crippen LogP) is 2.88. The van der Waals surface area contributed by atoms with Gasteiger partial charge in [-0.1, -0.05) is 18.2 Å². The Labute approximate surface area is 153 Å². The Balaban J connectivity index is 1.50. The van der Waals surface area contributed by atoms with Crippen molar-refractivity contribution in [2.75, 3.05) is 31.5 Å². The maximum absolute atomic E-state index is 11.1. The van der Waals surface area contributed by atoms with Gasteiger partial charge in [-0.05, 0) is 45.0 Å². The van der Waals surface area contributed by atoms with Crippen LogP contribution in [-0.2, 0) is 18.0 Å². The third-order valence-electron chi connectivity index (χ3n) is 5.00. The first-order chi connectivity index (χ1) is 12.8. The molecule has 0 spiro atoms. The number of rotatable bonds is 7. The van der Waals surface area contributed by atoms with Crippen LogP contribution in [0.1, 0.15) is 40.9 Å². The minimum Gasteiger partial charge on any atom is -0.370 e. The number of nitrogens with one attached hydrogen (secondary N) is 1. The molecule has 2 aliphatic rings. The van der Waals surface area contributed by atoms with Crippen molar-refractivity contribution in [3.8, 4) is 11.4 Å². The molecule has 0 saturated carbocycles. The molecule has 4 rings (SSSR count). The van der Waals surface area contributed by atoms with Gasteiger partial charge in [0, 0.05) is 23.2 Å². The van der Waals surface area contributed by atoms with Crippen LogP contribution in [0.4, 0.5) is 5.82 Å². The number of carbonyl (C=O) groups is 1. The second kappa shape index (κ2) is 7.93. The number of ether oxygens (including phenoxy) is 1. The summed E-state index contributed by atoms with van der Waals surface area (Å²) in [4.78, 5) is 22.9. The van der Waals surface area contributed by atoms with E-state index in [1.54, 1.807) is 6.07 Å². The van der Waals surface area contributed by atoms with Gasteiger partial charge in [0.25, 0.3) is 0 Å². The summed E-state index contributed by atoms with van der Waals surface area (Å²) in [5, 5.41) is 3.48. The Morgan fingerprint density at radius 3 is 2.92 bits per heavy atom. The van der Waals surface area contributed by atoms with Gasteiger partial charge in [0.05, 0.1) is 18.9 Å². The lowest BCUT2D eigenvalue weighted by molar-refractivity contribution is 0.112. The molecule has 1 aromatic heterocycles. The predicted molar refractivity (Wildman–Crippen MR) is 100 cm³/mol. The SMILES string of the molecule is O=Cc1cccc(-c2nc3c(c(NCCCN4CCCC4)n2)COC3)c1. The Morgan fingerprint density at radius 2 is 2.08 bits per heavy atom. The maximum Gasteiger partial charge on any atom is 0.161 e. The van der Waals surface area contributed by atoms with Crippen molar-refractivity contribution < 1.29 is 9.53 Å². The van der Waals surface area contributed by atoms with E-state index in [-0.39, 0.29) is 0 Å². The molecule has 1 N–H and O–H groups in total. The van der Waals surface area contributed by atoms with Crippen LogP contribution in [-0.4, -0.2) is 47.3 Å². The van der Waals surface area contributed by atoms with Crippen LogP contribution < -0.4 is 5.32 Å². The quantitative estimate of drug-likeness (QED) is 0.610. The molecule has 0 radical (unpaired) electrons. The van der Waals surface area contributed by atoms with Gasteiger partial charge >= 0.3 is 0 Å². The van der Waals surface area contributed by atoms with Crippen LogP contribution in [0.5, 0.6) is 0 Å². The molecular formula is C20H24N4O2. The van der Waals surface area contributed by atoms with Crippen LogP contribution >= 0.6 is 0 Å². The molecule has 0 bridgehead atoms. The molecule has 0 amide bonds. The average Bonchev–Trinajstić information content (AvgIpc) is 3.36. The fourth-order valence-electron chi connectivity index (χ4n) is 3.59. The van der Waals surface area contributed by atoms with Gasteiger partial charge in [-0.3, -0.25) is 4.79 Å². The third-order valence-corrected chi connectivity index (χ3v) is 5.00. The van der Waals surface area contributed by atoms with Crippen molar-refractivity contribution in [3.05, 3.63) is 41.1 Å². The standard InChI is InChI=1S/C20H24N4O2/c25-12-15-5-3-6-16(11-15)19-22-18-14-26-13-17(18)20(23-19)21-7-4-10-24-8-1-2-9-24/h3,5-6,11-12H,1-2,4,7-10,13-14H2,(H,21,22,23). The van der Waals surface area contributed by atoms with Crippen molar-refractivity contribution in [1.82, 2.24) is 14.9 Å². The van der Waals surface area contributed by atoms with Gasteiger partial charge in [-0.25, -0.2) is 9.97 Å². The number of nitrogens with zero attached hydrogens (tertiary/aromatic N) is 3. The lowest BCUT2D eigenvalue weighted by Crippen LogP contribution is -2.22. The molecular weight excluding hydrogens is 328 g/mol. The van der Waals surface area contributed by atoms with Gasteiger partial charge in [-0.2, -0.15) is 0 Å². The van der Waals surface area contributed by atoms with Gasteiger partial charge in [0.15, 0.2) is 5.82 Å². The summed E-state index contributed by atoms with van der Waals surface area (Å²) in [6.45, 7) is 5.54. The number of fused-ring (bicyclic) bond motifs is 1. The molecule has 0 aliphatic carbocycles. The van der Waals surface area contributed by atoms with Crippen molar-refractivity contribution in [1.29, 1.82) is 0 Å². The van der Waals surface area contributed by atoms with E-state index in [2.05, 4.69) is 15.2 Å². The molecule has 2 aliphatic heterocycles. The molecule has 26 heavy (non-hydrogen) atoms. The van der Waals surface area contributed by atoms with Crippen LogP contribution in [0.2, 0.25) is 0 Å². The highest BCUT2D eigenvalue weighted by atomic mass is 16.5. The summed E-state index contributed by atoms with van der Waals surface area (Å²) in [6, 6.07) is 7.39. The van der Waals surface area contributed by atoms with Crippen LogP contribution in [0, 0.1) is 0 Å². The maximum atomic E-state index is 11.1. The number of benzene rings is 1. The van der Waals surface area contributed by atoms with E-state index in [4.69, 9.17) is 9.72 Å². The molecule has 6 heteroatoms. The lowest BCUT2D eigenvalue weighted by Gasteiger charge is -2.15. The average molecular weight is 352 g/mol. The first-order valence-electron chi connectivity index (χ1n) is 9.33. The van der Waals surface area contributed by atoms with Crippen molar-refractivity contribution in [2.45, 2.75) is 32.5 Å². The topological polar surface area (TPSA) is 67.4 Å². The van der Waals surface area contributed by atoms with E-state index < -0.39 is 0 Å². The van der Waals surface area contributed by atoms with Crippen LogP contribution in [0.3, 0.4) is 0 Å². The monoisotopic (exact) mass is 352 g/mol. The zero-order valence-corrected chi connectivity index (χ0v) is 14.9. The Kier molecular flexibility index (Phi) is 5.22. The largest absolute Gasteiger partial charge is 0.370 e. The second-order valence-electron chi connectivity index (χ2n) is 6.89. The highest BCUT2D eigenvalue weighted by molar-refractivity contribution is 5.77. The zero-order chi connectivity index (χ0) is 17.8. The fraction of sp³-hybridized carbons (Fsp3) is 0.450. The second-order valence-corrected chi connectivity index (χ2v) is 6.89. The van der Waals surface area contributed by atoms with Crippen LogP contribution in [0.15, 0.2) is 24.3 Å². The number of aldehydes is 1. The molecule has 0 unspecified atom stereocenters. The van der Waals surface area contributed by atoms with E-state index in [9.17, 15) is 4.79 Å². The number of hydrogen-bond donors (Lipinski definition) is 1. The van der Waals surface area contributed by atoms with E-state index in [0.29, 0.717) is 24.6 Å². The molecule has 6 nitrogen and oxygen atoms in total. The summed E-state index contributed by atoms with van der Waals surface area (Å²) in [5.41, 5.74) is 3.47. The molecule has 2 aromatic rings. The highest BCUT2D eigenvalue weighted by Gasteiger charge is 2.20. The normalized spacial score (nSPS) is 16.6. The third kappa shape index (κ3) is 3.76. The number of carbonyl (C=O) groups excluding carboxylic acids is 1. The molecule has 0 atom stereocenters. The minimum atomic E-state index is 0.515.